The minimum Gasteiger partial charge on any atom is -0.481 e. The van der Waals surface area contributed by atoms with Crippen LogP contribution in [-0.4, -0.2) is 18.6 Å². The van der Waals surface area contributed by atoms with Gasteiger partial charge in [-0.05, 0) is 51.0 Å². The summed E-state index contributed by atoms with van der Waals surface area (Å²) in [5.41, 5.74) is 2.27. The minimum absolute atomic E-state index is 0.0818. The molecule has 1 aromatic carbocycles. The van der Waals surface area contributed by atoms with E-state index in [1.54, 1.807) is 6.92 Å². The number of ether oxygens (including phenoxy) is 1. The highest BCUT2D eigenvalue weighted by atomic mass is 16.5. The lowest BCUT2D eigenvalue weighted by Crippen LogP contribution is -2.36. The lowest BCUT2D eigenvalue weighted by Gasteiger charge is -2.14. The maximum Gasteiger partial charge on any atom is 0.260 e. The molecule has 3 heteroatoms. The fourth-order valence-electron chi connectivity index (χ4n) is 1.58. The van der Waals surface area contributed by atoms with Gasteiger partial charge in [0, 0.05) is 6.54 Å². The number of aryl methyl sites for hydroxylation is 2. The second-order valence-corrected chi connectivity index (χ2v) is 3.98. The van der Waals surface area contributed by atoms with Crippen molar-refractivity contribution in [2.45, 2.75) is 33.8 Å². The number of benzene rings is 1. The molecule has 0 aromatic heterocycles. The van der Waals surface area contributed by atoms with Gasteiger partial charge in [-0.15, -0.1) is 0 Å². The van der Waals surface area contributed by atoms with Crippen molar-refractivity contribution in [1.29, 1.82) is 0 Å². The average molecular weight is 221 g/mol. The van der Waals surface area contributed by atoms with E-state index < -0.39 is 6.10 Å². The summed E-state index contributed by atoms with van der Waals surface area (Å²) in [6, 6.07) is 5.94. The van der Waals surface area contributed by atoms with Crippen LogP contribution in [0.2, 0.25) is 0 Å². The third kappa shape index (κ3) is 3.57. The molecule has 1 aromatic rings. The first-order valence-electron chi connectivity index (χ1n) is 5.55. The Hall–Kier alpha value is -1.51. The molecule has 16 heavy (non-hydrogen) atoms. The summed E-state index contributed by atoms with van der Waals surface area (Å²) in [6.07, 6.45) is -0.457. The molecule has 0 fully saturated rings. The van der Waals surface area contributed by atoms with Gasteiger partial charge in [-0.1, -0.05) is 6.07 Å². The first-order chi connectivity index (χ1) is 7.52. The van der Waals surface area contributed by atoms with E-state index in [4.69, 9.17) is 4.74 Å². The molecule has 1 atom stereocenters. The fourth-order valence-corrected chi connectivity index (χ4v) is 1.58. The van der Waals surface area contributed by atoms with E-state index in [2.05, 4.69) is 11.4 Å². The summed E-state index contributed by atoms with van der Waals surface area (Å²) in [4.78, 5) is 11.5. The second-order valence-electron chi connectivity index (χ2n) is 3.98. The third-order valence-corrected chi connectivity index (χ3v) is 2.23. The van der Waals surface area contributed by atoms with E-state index in [9.17, 15) is 4.79 Å². The summed E-state index contributed by atoms with van der Waals surface area (Å²) in [5.74, 6) is 0.665. The van der Waals surface area contributed by atoms with Crippen LogP contribution in [0.5, 0.6) is 5.75 Å². The molecule has 0 saturated heterocycles. The van der Waals surface area contributed by atoms with Crippen LogP contribution in [0.4, 0.5) is 0 Å². The van der Waals surface area contributed by atoms with Gasteiger partial charge in [-0.25, -0.2) is 0 Å². The molecule has 88 valence electrons. The van der Waals surface area contributed by atoms with E-state index >= 15 is 0 Å². The molecule has 3 nitrogen and oxygen atoms in total. The van der Waals surface area contributed by atoms with Crippen LogP contribution in [0.15, 0.2) is 18.2 Å². The van der Waals surface area contributed by atoms with Gasteiger partial charge < -0.3 is 10.1 Å². The Kier molecular flexibility index (Phi) is 4.35. The number of amides is 1. The number of rotatable bonds is 4. The average Bonchev–Trinajstić information content (AvgIpc) is 2.16. The van der Waals surface area contributed by atoms with Crippen LogP contribution in [0.1, 0.15) is 25.0 Å². The summed E-state index contributed by atoms with van der Waals surface area (Å²) >= 11 is 0. The molecule has 1 amide bonds. The van der Waals surface area contributed by atoms with Crippen molar-refractivity contribution < 1.29 is 9.53 Å². The summed E-state index contributed by atoms with van der Waals surface area (Å²) in [6.45, 7) is 8.29. The van der Waals surface area contributed by atoms with E-state index in [0.717, 1.165) is 16.9 Å². The topological polar surface area (TPSA) is 38.3 Å². The Labute approximate surface area is 96.8 Å². The highest BCUT2D eigenvalue weighted by molar-refractivity contribution is 5.80. The van der Waals surface area contributed by atoms with Crippen LogP contribution in [0.25, 0.3) is 0 Å². The number of hydrogen-bond donors (Lipinski definition) is 1. The summed E-state index contributed by atoms with van der Waals surface area (Å²) in [5, 5.41) is 2.73. The van der Waals surface area contributed by atoms with Crippen LogP contribution >= 0.6 is 0 Å². The van der Waals surface area contributed by atoms with Crippen molar-refractivity contribution in [2.75, 3.05) is 6.54 Å². The summed E-state index contributed by atoms with van der Waals surface area (Å²) < 4.78 is 5.58. The zero-order chi connectivity index (χ0) is 12.1. The molecule has 0 aliphatic carbocycles. The van der Waals surface area contributed by atoms with Crippen LogP contribution in [-0.2, 0) is 4.79 Å². The number of carbonyl (C=O) groups excluding carboxylic acids is 1. The lowest BCUT2D eigenvalue weighted by molar-refractivity contribution is -0.127. The molecule has 1 N–H and O–H groups in total. The third-order valence-electron chi connectivity index (χ3n) is 2.23. The van der Waals surface area contributed by atoms with E-state index in [-0.39, 0.29) is 5.91 Å². The van der Waals surface area contributed by atoms with Gasteiger partial charge >= 0.3 is 0 Å². The first kappa shape index (κ1) is 12.6. The van der Waals surface area contributed by atoms with Gasteiger partial charge in [0.2, 0.25) is 0 Å². The normalized spacial score (nSPS) is 12.0. The smallest absolute Gasteiger partial charge is 0.260 e. The molecule has 1 rings (SSSR count). The molecule has 0 saturated carbocycles. The second kappa shape index (κ2) is 5.54. The van der Waals surface area contributed by atoms with Gasteiger partial charge in [-0.3, -0.25) is 4.79 Å². The van der Waals surface area contributed by atoms with Gasteiger partial charge in [-0.2, -0.15) is 0 Å². The molecule has 0 unspecified atom stereocenters. The number of nitrogens with one attached hydrogen (secondary N) is 1. The van der Waals surface area contributed by atoms with E-state index in [0.29, 0.717) is 6.54 Å². The van der Waals surface area contributed by atoms with Crippen molar-refractivity contribution in [1.82, 2.24) is 5.32 Å². The van der Waals surface area contributed by atoms with Gasteiger partial charge in [0.1, 0.15) is 5.75 Å². The Morgan fingerprint density at radius 1 is 1.31 bits per heavy atom. The van der Waals surface area contributed by atoms with Crippen molar-refractivity contribution in [2.24, 2.45) is 0 Å². The van der Waals surface area contributed by atoms with E-state index in [1.165, 1.54) is 0 Å². The highest BCUT2D eigenvalue weighted by Gasteiger charge is 2.13. The maximum absolute atomic E-state index is 11.5. The Morgan fingerprint density at radius 2 is 1.88 bits per heavy atom. The standard InChI is InChI=1S/C13H19NO2/c1-5-14-13(15)11(4)16-12-7-9(2)6-10(3)8-12/h6-8,11H,5H2,1-4H3,(H,14,15)/t11-/m1/s1. The van der Waals surface area contributed by atoms with Crippen molar-refractivity contribution in [3.05, 3.63) is 29.3 Å². The van der Waals surface area contributed by atoms with Gasteiger partial charge in [0.05, 0.1) is 0 Å². The molecule has 0 spiro atoms. The number of likely N-dealkylation sites (N-methyl/N-ethyl adjacent to an activating group) is 1. The van der Waals surface area contributed by atoms with Crippen LogP contribution < -0.4 is 10.1 Å². The minimum atomic E-state index is -0.457. The van der Waals surface area contributed by atoms with Crippen molar-refractivity contribution in [3.8, 4) is 5.75 Å². The predicted molar refractivity (Wildman–Crippen MR) is 64.7 cm³/mol. The number of carbonyl (C=O) groups is 1. The van der Waals surface area contributed by atoms with Gasteiger partial charge in [0.15, 0.2) is 6.10 Å². The van der Waals surface area contributed by atoms with Crippen molar-refractivity contribution >= 4 is 5.91 Å². The molecule has 0 radical (unpaired) electrons. The molecular weight excluding hydrogens is 202 g/mol. The predicted octanol–water partition coefficient (Wildman–Crippen LogP) is 2.21. The van der Waals surface area contributed by atoms with Crippen molar-refractivity contribution in [3.63, 3.8) is 0 Å². The highest BCUT2D eigenvalue weighted by Crippen LogP contribution is 2.17. The SMILES string of the molecule is CCNC(=O)[C@@H](C)Oc1cc(C)cc(C)c1. The first-order valence-corrected chi connectivity index (χ1v) is 5.55. The fraction of sp³-hybridized carbons (Fsp3) is 0.462. The Bertz CT molecular complexity index is 354. The van der Waals surface area contributed by atoms with Crippen LogP contribution in [0, 0.1) is 13.8 Å². The molecule has 0 bridgehead atoms. The summed E-state index contributed by atoms with van der Waals surface area (Å²) in [7, 11) is 0. The van der Waals surface area contributed by atoms with Crippen LogP contribution in [0.3, 0.4) is 0 Å². The Morgan fingerprint density at radius 3 is 2.38 bits per heavy atom. The zero-order valence-electron chi connectivity index (χ0n) is 10.3. The zero-order valence-corrected chi connectivity index (χ0v) is 10.3. The largest absolute Gasteiger partial charge is 0.481 e. The quantitative estimate of drug-likeness (QED) is 0.846. The monoisotopic (exact) mass is 221 g/mol. The van der Waals surface area contributed by atoms with Gasteiger partial charge in [0.25, 0.3) is 5.91 Å². The molecular formula is C13H19NO2. The van der Waals surface area contributed by atoms with E-state index in [1.807, 2.05) is 32.9 Å². The maximum atomic E-state index is 11.5. The Balaban J connectivity index is 2.69. The molecule has 0 aliphatic heterocycles. The number of hydrogen-bond acceptors (Lipinski definition) is 2. The molecule has 0 aliphatic rings. The lowest BCUT2D eigenvalue weighted by atomic mass is 10.1. The molecule has 0 heterocycles.